The van der Waals surface area contributed by atoms with Gasteiger partial charge in [-0.15, -0.1) is 0 Å². The van der Waals surface area contributed by atoms with Gasteiger partial charge in [0.15, 0.2) is 0 Å². The van der Waals surface area contributed by atoms with Crippen molar-refractivity contribution in [1.29, 1.82) is 0 Å². The Labute approximate surface area is 166 Å². The molecule has 1 heteroatoms. The molecule has 0 N–H and O–H groups in total. The van der Waals surface area contributed by atoms with Gasteiger partial charge in [0.2, 0.25) is 0 Å². The SMILES string of the molecule is CCCc1ccc(C2CCC(CCC3CCC(CC=CF)CC3)CC2)cc1. The zero-order chi connectivity index (χ0) is 18.9. The summed E-state index contributed by atoms with van der Waals surface area (Å²) < 4.78 is 12.2. The molecular weight excluding hydrogens is 331 g/mol. The summed E-state index contributed by atoms with van der Waals surface area (Å²) in [6.07, 6.45) is 19.7. The zero-order valence-corrected chi connectivity index (χ0v) is 17.3. The second-order valence-corrected chi connectivity index (χ2v) is 9.27. The topological polar surface area (TPSA) is 0 Å². The van der Waals surface area contributed by atoms with E-state index in [9.17, 15) is 4.39 Å². The molecule has 0 amide bonds. The van der Waals surface area contributed by atoms with E-state index in [4.69, 9.17) is 0 Å². The zero-order valence-electron chi connectivity index (χ0n) is 17.3. The van der Waals surface area contributed by atoms with Crippen molar-refractivity contribution >= 4 is 0 Å². The van der Waals surface area contributed by atoms with Crippen LogP contribution >= 0.6 is 0 Å². The number of rotatable bonds is 8. The molecular formula is C26H39F. The minimum Gasteiger partial charge on any atom is -0.216 e. The average molecular weight is 371 g/mol. The first kappa shape index (κ1) is 20.6. The Hall–Kier alpha value is -1.11. The maximum Gasteiger partial charge on any atom is 0.0827 e. The summed E-state index contributed by atoms with van der Waals surface area (Å²) in [4.78, 5) is 0. The molecule has 2 aliphatic rings. The Kier molecular flexibility index (Phi) is 8.42. The molecule has 1 aromatic rings. The van der Waals surface area contributed by atoms with Crippen molar-refractivity contribution < 1.29 is 4.39 Å². The maximum absolute atomic E-state index is 12.2. The fourth-order valence-electron chi connectivity index (χ4n) is 5.50. The van der Waals surface area contributed by atoms with E-state index in [2.05, 4.69) is 31.2 Å². The van der Waals surface area contributed by atoms with Gasteiger partial charge in [0.05, 0.1) is 6.33 Å². The molecule has 0 saturated heterocycles. The highest BCUT2D eigenvalue weighted by atomic mass is 19.1. The van der Waals surface area contributed by atoms with Crippen LogP contribution in [0.5, 0.6) is 0 Å². The van der Waals surface area contributed by atoms with Crippen molar-refractivity contribution in [3.8, 4) is 0 Å². The molecule has 1 aromatic carbocycles. The lowest BCUT2D eigenvalue weighted by Gasteiger charge is -2.32. The van der Waals surface area contributed by atoms with Gasteiger partial charge in [-0.3, -0.25) is 0 Å². The molecule has 2 saturated carbocycles. The van der Waals surface area contributed by atoms with Crippen molar-refractivity contribution in [1.82, 2.24) is 0 Å². The van der Waals surface area contributed by atoms with Gasteiger partial charge in [0, 0.05) is 0 Å². The number of benzene rings is 1. The first-order valence-corrected chi connectivity index (χ1v) is 11.6. The highest BCUT2D eigenvalue weighted by Gasteiger charge is 2.25. The predicted molar refractivity (Wildman–Crippen MR) is 115 cm³/mol. The molecule has 27 heavy (non-hydrogen) atoms. The van der Waals surface area contributed by atoms with E-state index >= 15 is 0 Å². The number of hydrogen-bond donors (Lipinski definition) is 0. The highest BCUT2D eigenvalue weighted by Crippen LogP contribution is 2.40. The Morgan fingerprint density at radius 2 is 1.37 bits per heavy atom. The Bertz CT molecular complexity index is 542. The monoisotopic (exact) mass is 370 g/mol. The summed E-state index contributed by atoms with van der Waals surface area (Å²) in [5, 5.41) is 0. The standard InChI is InChI=1S/C26H39F/c1-2-4-21-12-16-25(17-13-21)26-18-14-24(15-19-26)11-10-23-8-6-22(7-9-23)5-3-20-27/h3,12-13,16-17,20,22-24,26H,2,4-11,14-15,18-19H2,1H3. The number of allylic oxidation sites excluding steroid dienone is 1. The van der Waals surface area contributed by atoms with Crippen LogP contribution in [0.15, 0.2) is 36.7 Å². The molecule has 0 bridgehead atoms. The summed E-state index contributed by atoms with van der Waals surface area (Å²) in [5.41, 5.74) is 3.07. The lowest BCUT2D eigenvalue weighted by Crippen LogP contribution is -2.17. The highest BCUT2D eigenvalue weighted by molar-refractivity contribution is 5.25. The second-order valence-electron chi connectivity index (χ2n) is 9.27. The number of hydrogen-bond acceptors (Lipinski definition) is 0. The molecule has 3 rings (SSSR count). The normalized spacial score (nSPS) is 29.3. The summed E-state index contributed by atoms with van der Waals surface area (Å²) in [6, 6.07) is 9.49. The number of aryl methyl sites for hydroxylation is 1. The third-order valence-electron chi connectivity index (χ3n) is 7.34. The Balaban J connectivity index is 1.34. The van der Waals surface area contributed by atoms with Crippen LogP contribution in [-0.2, 0) is 6.42 Å². The quantitative estimate of drug-likeness (QED) is 0.431. The van der Waals surface area contributed by atoms with Gasteiger partial charge >= 0.3 is 0 Å². The van der Waals surface area contributed by atoms with Gasteiger partial charge in [0.25, 0.3) is 0 Å². The largest absolute Gasteiger partial charge is 0.216 e. The van der Waals surface area contributed by atoms with Crippen LogP contribution in [0.2, 0.25) is 0 Å². The summed E-state index contributed by atoms with van der Waals surface area (Å²) in [7, 11) is 0. The van der Waals surface area contributed by atoms with Crippen LogP contribution in [0.25, 0.3) is 0 Å². The minimum atomic E-state index is 0.724. The van der Waals surface area contributed by atoms with Crippen molar-refractivity contribution in [2.24, 2.45) is 17.8 Å². The average Bonchev–Trinajstić information content (AvgIpc) is 2.73. The molecule has 0 aliphatic heterocycles. The smallest absolute Gasteiger partial charge is 0.0827 e. The fraction of sp³-hybridized carbons (Fsp3) is 0.692. The van der Waals surface area contributed by atoms with E-state index in [0.717, 1.165) is 36.4 Å². The first-order valence-electron chi connectivity index (χ1n) is 11.6. The van der Waals surface area contributed by atoms with Crippen molar-refractivity contribution in [3.63, 3.8) is 0 Å². The molecule has 2 fully saturated rings. The fourth-order valence-corrected chi connectivity index (χ4v) is 5.50. The van der Waals surface area contributed by atoms with E-state index < -0.39 is 0 Å². The third kappa shape index (κ3) is 6.47. The van der Waals surface area contributed by atoms with E-state index in [1.54, 1.807) is 11.6 Å². The van der Waals surface area contributed by atoms with Gasteiger partial charge in [-0.05, 0) is 86.2 Å². The maximum atomic E-state index is 12.2. The van der Waals surface area contributed by atoms with Crippen LogP contribution in [0.3, 0.4) is 0 Å². The number of halogens is 1. The van der Waals surface area contributed by atoms with Crippen LogP contribution in [0.1, 0.15) is 101 Å². The molecule has 0 nitrogen and oxygen atoms in total. The van der Waals surface area contributed by atoms with E-state index in [-0.39, 0.29) is 0 Å². The summed E-state index contributed by atoms with van der Waals surface area (Å²) in [6.45, 7) is 2.25. The van der Waals surface area contributed by atoms with Crippen LogP contribution < -0.4 is 0 Å². The molecule has 0 aromatic heterocycles. The lowest BCUT2D eigenvalue weighted by molar-refractivity contribution is 0.231. The van der Waals surface area contributed by atoms with E-state index in [1.807, 2.05) is 0 Å². The molecule has 0 spiro atoms. The predicted octanol–water partition coefficient (Wildman–Crippen LogP) is 8.37. The van der Waals surface area contributed by atoms with E-state index in [0.29, 0.717) is 0 Å². The molecule has 0 radical (unpaired) electrons. The molecule has 0 atom stereocenters. The van der Waals surface area contributed by atoms with Gasteiger partial charge in [0.1, 0.15) is 0 Å². The van der Waals surface area contributed by atoms with Gasteiger partial charge < -0.3 is 0 Å². The van der Waals surface area contributed by atoms with Gasteiger partial charge in [-0.25, -0.2) is 4.39 Å². The molecule has 2 aliphatic carbocycles. The van der Waals surface area contributed by atoms with Crippen molar-refractivity contribution in [2.75, 3.05) is 0 Å². The molecule has 0 unspecified atom stereocenters. The van der Waals surface area contributed by atoms with Crippen molar-refractivity contribution in [3.05, 3.63) is 47.8 Å². The van der Waals surface area contributed by atoms with Crippen LogP contribution in [0.4, 0.5) is 4.39 Å². The van der Waals surface area contributed by atoms with Crippen LogP contribution in [0, 0.1) is 17.8 Å². The first-order chi connectivity index (χ1) is 13.3. The third-order valence-corrected chi connectivity index (χ3v) is 7.34. The van der Waals surface area contributed by atoms with Gasteiger partial charge in [-0.2, -0.15) is 0 Å². The summed E-state index contributed by atoms with van der Waals surface area (Å²) in [5.74, 6) is 3.45. The Morgan fingerprint density at radius 1 is 0.815 bits per heavy atom. The lowest BCUT2D eigenvalue weighted by atomic mass is 9.74. The summed E-state index contributed by atoms with van der Waals surface area (Å²) >= 11 is 0. The molecule has 0 heterocycles. The van der Waals surface area contributed by atoms with Crippen molar-refractivity contribution in [2.45, 2.75) is 96.3 Å². The van der Waals surface area contributed by atoms with Crippen LogP contribution in [-0.4, -0.2) is 0 Å². The minimum absolute atomic E-state index is 0.724. The Morgan fingerprint density at radius 3 is 1.93 bits per heavy atom. The second kappa shape index (κ2) is 11.0. The van der Waals surface area contributed by atoms with E-state index in [1.165, 1.54) is 82.6 Å². The van der Waals surface area contributed by atoms with Gasteiger partial charge in [-0.1, -0.05) is 69.4 Å². The molecule has 150 valence electrons.